The summed E-state index contributed by atoms with van der Waals surface area (Å²) in [5.74, 6) is -19.3. The number of nitrogens with two attached hydrogens (primary N) is 4. The van der Waals surface area contributed by atoms with E-state index >= 15 is 0 Å². The van der Waals surface area contributed by atoms with Crippen LogP contribution in [0.1, 0.15) is 136 Å². The molecule has 28 N–H and O–H groups in total. The first kappa shape index (κ1) is 99.7. The van der Waals surface area contributed by atoms with E-state index in [1.165, 1.54) is 6.92 Å². The normalized spacial score (nSPS) is 19.5. The van der Waals surface area contributed by atoms with Crippen LogP contribution in [0.5, 0.6) is 0 Å². The Balaban J connectivity index is 1.85. The molecule has 2 heterocycles. The van der Waals surface area contributed by atoms with Gasteiger partial charge in [-0.25, -0.2) is 4.79 Å². The highest BCUT2D eigenvalue weighted by atomic mass is 16.7. The Hall–Kier alpha value is -10.5. The van der Waals surface area contributed by atoms with Crippen LogP contribution in [-0.2, 0) is 102 Å². The highest BCUT2D eigenvalue weighted by molar-refractivity contribution is 5.99. The van der Waals surface area contributed by atoms with Gasteiger partial charge in [0, 0.05) is 51.6 Å². The first-order chi connectivity index (χ1) is 54.8. The first-order valence-electron chi connectivity index (χ1n) is 37.9. The number of aliphatic hydroxyl groups excluding tert-OH is 5. The molecule has 3 rings (SSSR count). The number of aliphatic carboxylic acids is 3. The second-order valence-corrected chi connectivity index (χ2v) is 28.0. The van der Waals surface area contributed by atoms with Crippen molar-refractivity contribution in [3.63, 3.8) is 0 Å². The summed E-state index contributed by atoms with van der Waals surface area (Å²) in [6, 6.07) is -7.09. The number of amides is 14. The largest absolute Gasteiger partial charge is 0.481 e. The molecule has 1 aromatic carbocycles. The van der Waals surface area contributed by atoms with Crippen molar-refractivity contribution in [1.29, 1.82) is 0 Å². The molecule has 650 valence electrons. The Bertz CT molecular complexity index is 3520. The monoisotopic (exact) mass is 1650 g/mol. The van der Waals surface area contributed by atoms with Crippen molar-refractivity contribution >= 4 is 106 Å². The van der Waals surface area contributed by atoms with Crippen molar-refractivity contribution in [1.82, 2.24) is 68.7 Å². The highest BCUT2D eigenvalue weighted by Crippen LogP contribution is 2.25. The molecule has 2 fully saturated rings. The third kappa shape index (κ3) is 34.9. The van der Waals surface area contributed by atoms with Crippen molar-refractivity contribution in [3.8, 4) is 0 Å². The van der Waals surface area contributed by atoms with E-state index < -0.39 is 307 Å². The van der Waals surface area contributed by atoms with Gasteiger partial charge in [-0.05, 0) is 96.1 Å². The van der Waals surface area contributed by atoms with Gasteiger partial charge in [-0.3, -0.25) is 81.5 Å². The van der Waals surface area contributed by atoms with E-state index in [-0.39, 0.29) is 57.5 Å². The molecule has 0 radical (unpaired) electrons. The third-order valence-electron chi connectivity index (χ3n) is 18.9. The predicted molar refractivity (Wildman–Crippen MR) is 401 cm³/mol. The molecule has 0 unspecified atom stereocenters. The van der Waals surface area contributed by atoms with Crippen molar-refractivity contribution in [2.45, 2.75) is 240 Å². The lowest BCUT2D eigenvalue weighted by atomic mass is 9.97. The van der Waals surface area contributed by atoms with Crippen LogP contribution in [0.4, 0.5) is 0 Å². The van der Waals surface area contributed by atoms with Gasteiger partial charge in [-0.2, -0.15) is 0 Å². The second-order valence-electron chi connectivity index (χ2n) is 28.0. The smallest absolute Gasteiger partial charge is 0.328 e. The summed E-state index contributed by atoms with van der Waals surface area (Å²) in [7, 11) is 0. The maximum Gasteiger partial charge on any atom is 0.328 e. The van der Waals surface area contributed by atoms with Crippen molar-refractivity contribution < 1.29 is 137 Å². The number of benzene rings is 1. The van der Waals surface area contributed by atoms with Gasteiger partial charge in [0.1, 0.15) is 72.8 Å². The Morgan fingerprint density at radius 1 is 0.543 bits per heavy atom. The molecule has 0 aromatic heterocycles. The maximum absolute atomic E-state index is 14.5. The first-order valence-corrected chi connectivity index (χ1v) is 37.9. The second kappa shape index (κ2) is 51.4. The summed E-state index contributed by atoms with van der Waals surface area (Å²) in [5.41, 5.74) is 23.0. The van der Waals surface area contributed by atoms with Gasteiger partial charge in [-0.15, -0.1) is 0 Å². The molecule has 2 aliphatic rings. The minimum absolute atomic E-state index is 0.0315. The molecule has 0 bridgehead atoms. The zero-order valence-electron chi connectivity index (χ0n) is 65.0. The number of nitrogens with zero attached hydrogens (tertiary/aromatic N) is 1. The van der Waals surface area contributed by atoms with Crippen LogP contribution in [-0.4, -0.2) is 308 Å². The Morgan fingerprint density at radius 2 is 1.07 bits per heavy atom. The van der Waals surface area contributed by atoms with Gasteiger partial charge >= 0.3 is 17.9 Å². The summed E-state index contributed by atoms with van der Waals surface area (Å²) in [6.45, 7) is 1.61. The molecule has 1 aromatic rings. The van der Waals surface area contributed by atoms with Gasteiger partial charge in [0.2, 0.25) is 82.7 Å². The average molecular weight is 1650 g/mol. The highest BCUT2D eigenvalue weighted by Gasteiger charge is 2.46. The van der Waals surface area contributed by atoms with Crippen LogP contribution in [0.15, 0.2) is 30.3 Å². The predicted octanol–water partition coefficient (Wildman–Crippen LogP) is -10.2. The van der Waals surface area contributed by atoms with Crippen LogP contribution in [0.3, 0.4) is 0 Å². The zero-order chi connectivity index (χ0) is 87.1. The van der Waals surface area contributed by atoms with Crippen LogP contribution in [0.25, 0.3) is 0 Å². The number of nitrogens with one attached hydrogen (secondary N) is 12. The molecule has 45 nitrogen and oxygen atoms in total. The fraction of sp³-hybridized carbons (Fsp3) is 0.662. The van der Waals surface area contributed by atoms with Gasteiger partial charge in [-0.1, -0.05) is 50.6 Å². The van der Waals surface area contributed by atoms with E-state index in [4.69, 9.17) is 32.4 Å². The molecule has 14 amide bonds. The van der Waals surface area contributed by atoms with E-state index in [0.717, 1.165) is 11.8 Å². The number of hydrogen-bond donors (Lipinski definition) is 24. The lowest BCUT2D eigenvalue weighted by Crippen LogP contribution is -2.60. The van der Waals surface area contributed by atoms with Crippen molar-refractivity contribution in [2.24, 2.45) is 28.9 Å². The average Bonchev–Trinajstić information content (AvgIpc) is 1.22. The maximum atomic E-state index is 14.5. The van der Waals surface area contributed by atoms with E-state index in [1.807, 2.05) is 5.32 Å². The van der Waals surface area contributed by atoms with Crippen LogP contribution in [0.2, 0.25) is 0 Å². The molecular weight excluding hydrogens is 1540 g/mol. The number of Topliss-reactive ketones (excluding diaryl/α,β-unsaturated/α-hetero) is 1. The summed E-state index contributed by atoms with van der Waals surface area (Å²) >= 11 is 0. The van der Waals surface area contributed by atoms with Crippen LogP contribution in [0, 0.1) is 5.92 Å². The number of likely N-dealkylation sites (tertiary alicyclic amines) is 1. The minimum Gasteiger partial charge on any atom is -0.481 e. The molecular formula is C71H113N17O28. The number of unbranched alkanes of at least 4 members (excludes halogenated alkanes) is 1. The Kier molecular flexibility index (Phi) is 44.2. The fourth-order valence-corrected chi connectivity index (χ4v) is 12.0. The summed E-state index contributed by atoms with van der Waals surface area (Å²) in [5, 5.41) is 108. The molecule has 18 atom stereocenters. The summed E-state index contributed by atoms with van der Waals surface area (Å²) in [6.07, 6.45) is -16.1. The topological polar surface area (TPSA) is 739 Å². The zero-order valence-corrected chi connectivity index (χ0v) is 65.0. The van der Waals surface area contributed by atoms with Crippen LogP contribution >= 0.6 is 0 Å². The Morgan fingerprint density at radius 3 is 1.59 bits per heavy atom. The van der Waals surface area contributed by atoms with Crippen LogP contribution < -0.4 is 86.7 Å². The SMILES string of the molecule is CC[C@H](C)[C@H](NC(=O)CN)C(=O)N[C@@H](C)C(=O)CCC(=O)N[C@@H](Cc1ccccc1)C(=O)N[C@@H](CC[C@H](CN)O[C@@H]1O[C@H](CO)[C@H](O)[C@H](O)[C@H]1O)C(=O)NCC(=O)N[C@@H](CCC(=O)O)C(=O)N[C@@H](CCC(N)=O)C(=O)NCC(=O)N1CCC[C@H]1C(=O)N[C@@H](CCCCN)C(=O)NCC(=O)N[C@@H](CCC(=O)O)C(=O)N[C@H](C(=O)O)[C@@H](C)O. The van der Waals surface area contributed by atoms with E-state index in [1.54, 1.807) is 44.2 Å². The lowest BCUT2D eigenvalue weighted by Gasteiger charge is -2.40. The summed E-state index contributed by atoms with van der Waals surface area (Å²) in [4.78, 5) is 239. The van der Waals surface area contributed by atoms with E-state index in [9.17, 15) is 127 Å². The molecule has 116 heavy (non-hydrogen) atoms. The molecule has 0 spiro atoms. The standard InChI is InChI=1S/C71H113N17O28/c1-5-35(2)57(86-51(94)30-74)69(112)79-36(3)47(91)21-23-50(93)82-45(28-38-12-7-6-8-13-38)67(110)84-41(17-16-39(29-73)115-71-61(104)60(103)59(102)48(34-89)116-71)63(106)77-32-52(95)80-43(19-24-55(98)99)65(108)83-42(18-22-49(75)92)64(107)78-33-54(97)88-27-11-15-46(88)68(111)85-40(14-9-10-26-72)62(105)76-31-53(96)81-44(20-25-56(100)101)66(109)87-58(37(4)90)70(113)114/h6-8,12-13,35-37,39-46,48,57-61,71,89-90,102-104H,5,9-11,14-34,72-74H2,1-4H3,(H2,75,92)(H,76,105)(H,77,106)(H,78,107)(H,79,112)(H,80,95)(H,81,96)(H,82,93)(H,83,108)(H,84,110)(H,85,111)(H,86,94)(H,87,109)(H,98,99)(H,100,101)(H,113,114)/t35-,36-,37+,39+,40-,41-,42-,43-,44-,45-,46-,48+,57-,58-,59-,60-,61+,71+/m0/s1. The number of carboxylic acids is 3. The van der Waals surface area contributed by atoms with Gasteiger partial charge < -0.3 is 142 Å². The Labute approximate surface area is 666 Å². The molecule has 45 heteroatoms. The van der Waals surface area contributed by atoms with Gasteiger partial charge in [0.05, 0.1) is 51.0 Å². The number of hydrogen-bond acceptors (Lipinski definition) is 28. The number of rotatable bonds is 54. The number of carboxylic acid groups (broad SMARTS) is 3. The lowest BCUT2D eigenvalue weighted by molar-refractivity contribution is -0.310. The van der Waals surface area contributed by atoms with E-state index in [0.29, 0.717) is 18.4 Å². The number of ether oxygens (including phenoxy) is 2. The van der Waals surface area contributed by atoms with E-state index in [2.05, 4.69) is 58.5 Å². The molecule has 0 saturated carbocycles. The summed E-state index contributed by atoms with van der Waals surface area (Å²) < 4.78 is 11.3. The molecule has 2 saturated heterocycles. The number of carbonyl (C=O) groups is 18. The number of ketones is 1. The number of primary amides is 1. The number of carbonyl (C=O) groups excluding carboxylic acids is 15. The quantitative estimate of drug-likeness (QED) is 0.0269. The third-order valence-corrected chi connectivity index (χ3v) is 18.9. The minimum atomic E-state index is -1.91. The van der Waals surface area contributed by atoms with Gasteiger partial charge in [0.25, 0.3) is 0 Å². The fourth-order valence-electron chi connectivity index (χ4n) is 12.0. The van der Waals surface area contributed by atoms with Gasteiger partial charge in [0.15, 0.2) is 18.1 Å². The number of aliphatic hydroxyl groups is 5. The van der Waals surface area contributed by atoms with Crippen molar-refractivity contribution in [2.75, 3.05) is 52.4 Å². The molecule has 0 aliphatic carbocycles. The van der Waals surface area contributed by atoms with Crippen molar-refractivity contribution in [3.05, 3.63) is 35.9 Å². The molecule has 2 aliphatic heterocycles.